The van der Waals surface area contributed by atoms with E-state index in [4.69, 9.17) is 4.74 Å². The number of hydrogen-bond acceptors (Lipinski definition) is 3. The lowest BCUT2D eigenvalue weighted by Crippen LogP contribution is -2.18. The van der Waals surface area contributed by atoms with Crippen molar-refractivity contribution in [3.8, 4) is 5.75 Å². The van der Waals surface area contributed by atoms with E-state index in [1.54, 1.807) is 6.07 Å². The summed E-state index contributed by atoms with van der Waals surface area (Å²) in [6.45, 7) is 13.8. The average molecular weight is 376 g/mol. The Morgan fingerprint density at radius 2 is 1.46 bits per heavy atom. The van der Waals surface area contributed by atoms with Gasteiger partial charge in [-0.1, -0.05) is 32.9 Å². The van der Waals surface area contributed by atoms with Crippen LogP contribution in [-0.2, 0) is 15.4 Å². The second kappa shape index (κ2) is 6.95. The Hall–Kier alpha value is -2.01. The first kappa shape index (κ1) is 20.3. The molecule has 0 aromatic heterocycles. The van der Waals surface area contributed by atoms with Gasteiger partial charge in [0.15, 0.2) is 0 Å². The number of hydrogen-bond donors (Lipinski definition) is 1. The maximum Gasteiger partial charge on any atom is 0.262 e. The molecular formula is C21H29NO3S. The van der Waals surface area contributed by atoms with Crippen LogP contribution in [-0.4, -0.2) is 15.5 Å². The number of nitrogens with one attached hydrogen (secondary N) is 1. The molecule has 2 aromatic rings. The highest BCUT2D eigenvalue weighted by Crippen LogP contribution is 2.34. The molecule has 2 rings (SSSR count). The van der Waals surface area contributed by atoms with Crippen LogP contribution in [0, 0.1) is 27.7 Å². The van der Waals surface area contributed by atoms with E-state index in [0.29, 0.717) is 16.3 Å². The zero-order chi connectivity index (χ0) is 19.9. The number of benzene rings is 2. The van der Waals surface area contributed by atoms with Crippen molar-refractivity contribution in [1.82, 2.24) is 0 Å². The normalized spacial score (nSPS) is 12.2. The van der Waals surface area contributed by atoms with Gasteiger partial charge in [0, 0.05) is 0 Å². The summed E-state index contributed by atoms with van der Waals surface area (Å²) in [6.07, 6.45) is 0. The standard InChI is InChI=1S/C21H29NO3S/c1-13-11-14(2)16(4)20(15(13)3)26(23,24)22-18-12-17(21(5,6)7)9-10-19(18)25-8/h9-12,22H,1-8H3. The molecule has 0 spiro atoms. The molecule has 26 heavy (non-hydrogen) atoms. The second-order valence-corrected chi connectivity index (χ2v) is 9.48. The molecule has 5 heteroatoms. The molecule has 142 valence electrons. The zero-order valence-electron chi connectivity index (χ0n) is 16.9. The number of ether oxygens (including phenoxy) is 1. The molecular weight excluding hydrogens is 346 g/mol. The zero-order valence-corrected chi connectivity index (χ0v) is 17.8. The average Bonchev–Trinajstić information content (AvgIpc) is 2.51. The number of rotatable bonds is 4. The highest BCUT2D eigenvalue weighted by Gasteiger charge is 2.24. The summed E-state index contributed by atoms with van der Waals surface area (Å²) in [6, 6.07) is 7.64. The van der Waals surface area contributed by atoms with Crippen LogP contribution in [0.15, 0.2) is 29.2 Å². The SMILES string of the molecule is COc1ccc(C(C)(C)C)cc1NS(=O)(=O)c1c(C)c(C)cc(C)c1C. The summed E-state index contributed by atoms with van der Waals surface area (Å²) in [5.74, 6) is 0.501. The Labute approximate surface area is 157 Å². The first-order valence-electron chi connectivity index (χ1n) is 8.67. The minimum atomic E-state index is -3.74. The highest BCUT2D eigenvalue weighted by molar-refractivity contribution is 7.92. The van der Waals surface area contributed by atoms with Gasteiger partial charge in [-0.2, -0.15) is 0 Å². The molecule has 0 saturated heterocycles. The van der Waals surface area contributed by atoms with Crippen molar-refractivity contribution >= 4 is 15.7 Å². The quantitative estimate of drug-likeness (QED) is 0.816. The first-order valence-corrected chi connectivity index (χ1v) is 10.2. The minimum absolute atomic E-state index is 0.0990. The molecule has 0 aliphatic heterocycles. The van der Waals surface area contributed by atoms with Crippen molar-refractivity contribution in [2.45, 2.75) is 58.8 Å². The predicted octanol–water partition coefficient (Wildman–Crippen LogP) is 5.03. The van der Waals surface area contributed by atoms with Gasteiger partial charge in [-0.3, -0.25) is 4.72 Å². The van der Waals surface area contributed by atoms with Crippen molar-refractivity contribution in [2.24, 2.45) is 0 Å². The summed E-state index contributed by atoms with van der Waals surface area (Å²) in [5, 5.41) is 0. The van der Waals surface area contributed by atoms with Crippen molar-refractivity contribution in [3.63, 3.8) is 0 Å². The molecule has 1 N–H and O–H groups in total. The van der Waals surface area contributed by atoms with Crippen LogP contribution < -0.4 is 9.46 Å². The van der Waals surface area contributed by atoms with Crippen molar-refractivity contribution < 1.29 is 13.2 Å². The van der Waals surface area contributed by atoms with E-state index in [1.165, 1.54) is 7.11 Å². The molecule has 0 aliphatic carbocycles. The largest absolute Gasteiger partial charge is 0.495 e. The third-order valence-electron chi connectivity index (χ3n) is 4.88. The van der Waals surface area contributed by atoms with Gasteiger partial charge in [0.25, 0.3) is 10.0 Å². The van der Waals surface area contributed by atoms with Crippen LogP contribution in [0.5, 0.6) is 5.75 Å². The fourth-order valence-electron chi connectivity index (χ4n) is 3.03. The number of methoxy groups -OCH3 is 1. The fourth-order valence-corrected chi connectivity index (χ4v) is 4.71. The molecule has 0 atom stereocenters. The molecule has 4 nitrogen and oxygen atoms in total. The van der Waals surface area contributed by atoms with Gasteiger partial charge in [-0.25, -0.2) is 8.42 Å². The van der Waals surface area contributed by atoms with Crippen LogP contribution in [0.4, 0.5) is 5.69 Å². The van der Waals surface area contributed by atoms with Crippen molar-refractivity contribution in [1.29, 1.82) is 0 Å². The van der Waals surface area contributed by atoms with E-state index in [-0.39, 0.29) is 5.41 Å². The smallest absolute Gasteiger partial charge is 0.262 e. The summed E-state index contributed by atoms with van der Waals surface area (Å²) >= 11 is 0. The molecule has 0 aliphatic rings. The Balaban J connectivity index is 2.62. The lowest BCUT2D eigenvalue weighted by Gasteiger charge is -2.22. The Kier molecular flexibility index (Phi) is 5.43. The van der Waals surface area contributed by atoms with Crippen LogP contribution >= 0.6 is 0 Å². The third kappa shape index (κ3) is 3.88. The third-order valence-corrected chi connectivity index (χ3v) is 6.51. The molecule has 0 bridgehead atoms. The maximum absolute atomic E-state index is 13.2. The molecule has 0 unspecified atom stereocenters. The lowest BCUT2D eigenvalue weighted by molar-refractivity contribution is 0.416. The number of aryl methyl sites for hydroxylation is 2. The first-order chi connectivity index (χ1) is 11.9. The predicted molar refractivity (Wildman–Crippen MR) is 108 cm³/mol. The summed E-state index contributed by atoms with van der Waals surface area (Å²) in [5.41, 5.74) is 4.85. The van der Waals surface area contributed by atoms with Gasteiger partial charge in [0.2, 0.25) is 0 Å². The topological polar surface area (TPSA) is 55.4 Å². The summed E-state index contributed by atoms with van der Waals surface area (Å²) in [7, 11) is -2.21. The fraction of sp³-hybridized carbons (Fsp3) is 0.429. The number of anilines is 1. The van der Waals surface area contributed by atoms with Gasteiger partial charge in [-0.05, 0) is 73.1 Å². The Morgan fingerprint density at radius 1 is 0.923 bits per heavy atom. The van der Waals surface area contributed by atoms with E-state index in [1.807, 2.05) is 45.9 Å². The Morgan fingerprint density at radius 3 is 1.92 bits per heavy atom. The highest BCUT2D eigenvalue weighted by atomic mass is 32.2. The second-order valence-electron chi connectivity index (χ2n) is 7.86. The molecule has 0 fully saturated rings. The van der Waals surface area contributed by atoms with Gasteiger partial charge >= 0.3 is 0 Å². The summed E-state index contributed by atoms with van der Waals surface area (Å²) in [4.78, 5) is 0.346. The van der Waals surface area contributed by atoms with Crippen LogP contribution in [0.2, 0.25) is 0 Å². The van der Waals surface area contributed by atoms with E-state index in [2.05, 4.69) is 25.5 Å². The van der Waals surface area contributed by atoms with Crippen LogP contribution in [0.25, 0.3) is 0 Å². The van der Waals surface area contributed by atoms with Crippen LogP contribution in [0.1, 0.15) is 48.6 Å². The van der Waals surface area contributed by atoms with Crippen LogP contribution in [0.3, 0.4) is 0 Å². The molecule has 0 saturated carbocycles. The van der Waals surface area contributed by atoms with E-state index < -0.39 is 10.0 Å². The van der Waals surface area contributed by atoms with Gasteiger partial charge < -0.3 is 4.74 Å². The molecule has 0 amide bonds. The molecule has 0 radical (unpaired) electrons. The van der Waals surface area contributed by atoms with Crippen molar-refractivity contribution in [3.05, 3.63) is 52.1 Å². The van der Waals surface area contributed by atoms with Gasteiger partial charge in [0.1, 0.15) is 5.75 Å². The van der Waals surface area contributed by atoms with E-state index in [0.717, 1.165) is 27.8 Å². The monoisotopic (exact) mass is 375 g/mol. The lowest BCUT2D eigenvalue weighted by atomic mass is 9.87. The molecule has 0 heterocycles. The van der Waals surface area contributed by atoms with Gasteiger partial charge in [-0.15, -0.1) is 0 Å². The van der Waals surface area contributed by atoms with Crippen molar-refractivity contribution in [2.75, 3.05) is 11.8 Å². The van der Waals surface area contributed by atoms with Gasteiger partial charge in [0.05, 0.1) is 17.7 Å². The number of sulfonamides is 1. The molecule has 2 aromatic carbocycles. The summed E-state index contributed by atoms with van der Waals surface area (Å²) < 4.78 is 34.5. The van der Waals surface area contributed by atoms with E-state index in [9.17, 15) is 8.42 Å². The Bertz CT molecular complexity index is 912. The van der Waals surface area contributed by atoms with E-state index >= 15 is 0 Å². The maximum atomic E-state index is 13.2. The minimum Gasteiger partial charge on any atom is -0.495 e.